The fraction of sp³-hybridized carbons (Fsp3) is 0. The molecule has 0 aliphatic rings. The number of nitrogens with one attached hydrogen (secondary N) is 1. The summed E-state index contributed by atoms with van der Waals surface area (Å²) in [7, 11) is 0. The summed E-state index contributed by atoms with van der Waals surface area (Å²) < 4.78 is 0.645. The van der Waals surface area contributed by atoms with Crippen molar-refractivity contribution in [2.45, 2.75) is 9.79 Å². The van der Waals surface area contributed by atoms with Crippen molar-refractivity contribution in [3.05, 3.63) is 94.4 Å². The maximum absolute atomic E-state index is 12.6. The Balaban J connectivity index is 1.93. The molecule has 5 N–H and O–H groups in total. The SMILES string of the molecule is N#CC(NC(=O)c1ccccc1)=C(Sc1ccc(N)cc1)Sc1ccc(N)cc1. The van der Waals surface area contributed by atoms with Crippen molar-refractivity contribution in [3.63, 3.8) is 0 Å². The summed E-state index contributed by atoms with van der Waals surface area (Å²) in [6, 6.07) is 25.6. The summed E-state index contributed by atoms with van der Waals surface area (Å²) in [5.41, 5.74) is 13.5. The Morgan fingerprint density at radius 3 is 1.72 bits per heavy atom. The minimum absolute atomic E-state index is 0.183. The molecule has 0 bridgehead atoms. The normalized spacial score (nSPS) is 10.0. The zero-order chi connectivity index (χ0) is 20.6. The molecule has 1 amide bonds. The van der Waals surface area contributed by atoms with E-state index in [4.69, 9.17) is 11.5 Å². The molecule has 0 aromatic heterocycles. The molecular weight excluding hydrogens is 400 g/mol. The molecular formula is C22H18N4OS2. The van der Waals surface area contributed by atoms with E-state index in [1.54, 1.807) is 48.5 Å². The van der Waals surface area contributed by atoms with Gasteiger partial charge < -0.3 is 16.8 Å². The van der Waals surface area contributed by atoms with Gasteiger partial charge in [0.2, 0.25) is 0 Å². The molecule has 0 fully saturated rings. The van der Waals surface area contributed by atoms with Gasteiger partial charge >= 0.3 is 0 Å². The zero-order valence-corrected chi connectivity index (χ0v) is 17.0. The molecule has 0 radical (unpaired) electrons. The summed E-state index contributed by atoms with van der Waals surface area (Å²) in [4.78, 5) is 14.4. The van der Waals surface area contributed by atoms with Crippen LogP contribution in [0, 0.1) is 11.3 Å². The number of anilines is 2. The van der Waals surface area contributed by atoms with Crippen molar-refractivity contribution in [2.75, 3.05) is 11.5 Å². The lowest BCUT2D eigenvalue weighted by molar-refractivity contribution is 0.0967. The van der Waals surface area contributed by atoms with Crippen molar-refractivity contribution < 1.29 is 4.79 Å². The smallest absolute Gasteiger partial charge is 0.256 e. The molecule has 5 nitrogen and oxygen atoms in total. The van der Waals surface area contributed by atoms with E-state index >= 15 is 0 Å². The van der Waals surface area contributed by atoms with Crippen LogP contribution in [-0.4, -0.2) is 5.91 Å². The summed E-state index contributed by atoms with van der Waals surface area (Å²) in [6.45, 7) is 0. The van der Waals surface area contributed by atoms with Gasteiger partial charge in [-0.1, -0.05) is 41.7 Å². The number of nitrogens with zero attached hydrogens (tertiary/aromatic N) is 1. The van der Waals surface area contributed by atoms with E-state index in [9.17, 15) is 10.1 Å². The quantitative estimate of drug-likeness (QED) is 0.300. The van der Waals surface area contributed by atoms with Crippen molar-refractivity contribution in [1.29, 1.82) is 5.26 Å². The number of rotatable bonds is 6. The molecule has 0 atom stereocenters. The molecule has 7 heteroatoms. The molecule has 0 heterocycles. The Morgan fingerprint density at radius 2 is 1.28 bits per heavy atom. The minimum atomic E-state index is -0.338. The second-order valence-electron chi connectivity index (χ2n) is 5.94. The standard InChI is InChI=1S/C22H18N4OS2/c23-14-20(26-21(27)15-4-2-1-3-5-15)22(28-18-10-6-16(24)7-11-18)29-19-12-8-17(25)9-13-19/h1-13H,24-25H2,(H,26,27). The summed E-state index contributed by atoms with van der Waals surface area (Å²) >= 11 is 2.77. The van der Waals surface area contributed by atoms with Gasteiger partial charge in [-0.25, -0.2) is 0 Å². The van der Waals surface area contributed by atoms with Gasteiger partial charge in [-0.3, -0.25) is 4.79 Å². The maximum atomic E-state index is 12.6. The van der Waals surface area contributed by atoms with Crippen LogP contribution >= 0.6 is 23.5 Å². The summed E-state index contributed by atoms with van der Waals surface area (Å²) in [6.07, 6.45) is 0. The first kappa shape index (κ1) is 20.4. The largest absolute Gasteiger partial charge is 0.399 e. The van der Waals surface area contributed by atoms with Crippen molar-refractivity contribution in [1.82, 2.24) is 5.32 Å². The van der Waals surface area contributed by atoms with Gasteiger partial charge in [0.25, 0.3) is 5.91 Å². The van der Waals surface area contributed by atoms with Crippen molar-refractivity contribution in [2.24, 2.45) is 0 Å². The van der Waals surface area contributed by atoms with E-state index in [1.807, 2.05) is 30.3 Å². The molecule has 3 aromatic rings. The van der Waals surface area contributed by atoms with E-state index in [1.165, 1.54) is 23.5 Å². The molecule has 29 heavy (non-hydrogen) atoms. The highest BCUT2D eigenvalue weighted by atomic mass is 32.2. The Labute approximate surface area is 177 Å². The third-order valence-electron chi connectivity index (χ3n) is 3.77. The fourth-order valence-corrected chi connectivity index (χ4v) is 4.42. The van der Waals surface area contributed by atoms with Crippen LogP contribution in [0.15, 0.2) is 98.6 Å². The third-order valence-corrected chi connectivity index (χ3v) is 6.07. The topological polar surface area (TPSA) is 105 Å². The lowest BCUT2D eigenvalue weighted by atomic mass is 10.2. The number of nitrogen functional groups attached to an aromatic ring is 2. The number of nitrogens with two attached hydrogens (primary N) is 2. The van der Waals surface area contributed by atoms with Crippen LogP contribution in [0.4, 0.5) is 11.4 Å². The van der Waals surface area contributed by atoms with Crippen molar-refractivity contribution in [3.8, 4) is 6.07 Å². The van der Waals surface area contributed by atoms with Gasteiger partial charge in [-0.2, -0.15) is 5.26 Å². The summed E-state index contributed by atoms with van der Waals surface area (Å²) in [5.74, 6) is -0.338. The van der Waals surface area contributed by atoms with Crippen molar-refractivity contribution >= 4 is 40.8 Å². The van der Waals surface area contributed by atoms with Gasteiger partial charge in [0.15, 0.2) is 0 Å². The number of hydrogen-bond donors (Lipinski definition) is 3. The maximum Gasteiger partial charge on any atom is 0.256 e. The molecule has 0 spiro atoms. The first-order chi connectivity index (χ1) is 14.0. The highest BCUT2D eigenvalue weighted by Gasteiger charge is 2.15. The predicted molar refractivity (Wildman–Crippen MR) is 120 cm³/mol. The molecule has 3 rings (SSSR count). The van der Waals surface area contributed by atoms with Crippen LogP contribution in [0.1, 0.15) is 10.4 Å². The Bertz CT molecular complexity index is 1010. The monoisotopic (exact) mass is 418 g/mol. The number of thioether (sulfide) groups is 2. The summed E-state index contributed by atoms with van der Waals surface area (Å²) in [5, 5.41) is 12.5. The molecule has 0 saturated carbocycles. The van der Waals surface area contributed by atoms with E-state index in [0.717, 1.165) is 9.79 Å². The average molecular weight is 419 g/mol. The Kier molecular flexibility index (Phi) is 6.85. The van der Waals surface area contributed by atoms with E-state index in [-0.39, 0.29) is 11.6 Å². The number of carbonyl (C=O) groups is 1. The second kappa shape index (κ2) is 9.73. The molecule has 3 aromatic carbocycles. The molecule has 0 aliphatic heterocycles. The number of carbonyl (C=O) groups excluding carboxylic acids is 1. The first-order valence-electron chi connectivity index (χ1n) is 8.62. The van der Waals surface area contributed by atoms with Gasteiger partial charge in [0.1, 0.15) is 11.8 Å². The van der Waals surface area contributed by atoms with Crippen LogP contribution < -0.4 is 16.8 Å². The number of hydrogen-bond acceptors (Lipinski definition) is 6. The van der Waals surface area contributed by atoms with Gasteiger partial charge in [-0.05, 0) is 60.7 Å². The van der Waals surface area contributed by atoms with E-state index in [2.05, 4.69) is 11.4 Å². The lowest BCUT2D eigenvalue weighted by Gasteiger charge is -2.12. The first-order valence-corrected chi connectivity index (χ1v) is 10.3. The number of allylic oxidation sites excluding steroid dienone is 1. The third kappa shape index (κ3) is 5.82. The second-order valence-corrected chi connectivity index (χ2v) is 8.36. The highest BCUT2D eigenvalue weighted by Crippen LogP contribution is 2.41. The number of benzene rings is 3. The highest BCUT2D eigenvalue weighted by molar-refractivity contribution is 8.22. The zero-order valence-electron chi connectivity index (χ0n) is 15.3. The molecule has 0 unspecified atom stereocenters. The van der Waals surface area contributed by atoms with Crippen LogP contribution in [0.3, 0.4) is 0 Å². The van der Waals surface area contributed by atoms with Crippen LogP contribution in [-0.2, 0) is 0 Å². The number of amides is 1. The molecule has 144 valence electrons. The number of nitriles is 1. The van der Waals surface area contributed by atoms with Crippen LogP contribution in [0.2, 0.25) is 0 Å². The fourth-order valence-electron chi connectivity index (χ4n) is 2.31. The molecule has 0 aliphatic carbocycles. The molecule has 0 saturated heterocycles. The Morgan fingerprint density at radius 1 is 0.793 bits per heavy atom. The van der Waals surface area contributed by atoms with Gasteiger partial charge in [0, 0.05) is 26.7 Å². The predicted octanol–water partition coefficient (Wildman–Crippen LogP) is 4.86. The average Bonchev–Trinajstić information content (AvgIpc) is 2.75. The lowest BCUT2D eigenvalue weighted by Crippen LogP contribution is -2.22. The van der Waals surface area contributed by atoms with E-state index in [0.29, 0.717) is 21.2 Å². The van der Waals surface area contributed by atoms with E-state index < -0.39 is 0 Å². The van der Waals surface area contributed by atoms with Crippen LogP contribution in [0.5, 0.6) is 0 Å². The van der Waals surface area contributed by atoms with Gasteiger partial charge in [-0.15, -0.1) is 0 Å². The Hall–Kier alpha value is -3.34. The van der Waals surface area contributed by atoms with Crippen LogP contribution in [0.25, 0.3) is 0 Å². The van der Waals surface area contributed by atoms with Gasteiger partial charge in [0.05, 0.1) is 4.24 Å². The minimum Gasteiger partial charge on any atom is -0.399 e.